The second-order valence-electron chi connectivity index (χ2n) is 5.20. The quantitative estimate of drug-likeness (QED) is 0.788. The van der Waals surface area contributed by atoms with Gasteiger partial charge in [0.2, 0.25) is 5.91 Å². The molecule has 0 saturated heterocycles. The summed E-state index contributed by atoms with van der Waals surface area (Å²) in [5, 5.41) is 2.50. The van der Waals surface area contributed by atoms with E-state index in [1.165, 1.54) is 18.2 Å². The van der Waals surface area contributed by atoms with Crippen LogP contribution in [-0.2, 0) is 4.79 Å². The number of carbonyl (C=O) groups excluding carboxylic acids is 1. The molecule has 0 fully saturated rings. The largest absolute Gasteiger partial charge is 0.490 e. The standard InChI is InChI=1S/C18H15BrFNO3/c19-13-4-5-15(14(20)11-13)21-18(22)7-3-12-2-6-16-17(10-12)24-9-1-8-23-16/h2-7,10-11H,1,8-9H2,(H,21,22). The van der Waals surface area contributed by atoms with Crippen molar-refractivity contribution in [2.75, 3.05) is 18.5 Å². The van der Waals surface area contributed by atoms with Gasteiger partial charge in [0.15, 0.2) is 11.5 Å². The molecule has 0 atom stereocenters. The van der Waals surface area contributed by atoms with Crippen LogP contribution in [-0.4, -0.2) is 19.1 Å². The fourth-order valence-electron chi connectivity index (χ4n) is 2.22. The van der Waals surface area contributed by atoms with Gasteiger partial charge in [0.05, 0.1) is 18.9 Å². The topological polar surface area (TPSA) is 47.6 Å². The van der Waals surface area contributed by atoms with E-state index in [0.29, 0.717) is 29.2 Å². The van der Waals surface area contributed by atoms with Gasteiger partial charge in [-0.15, -0.1) is 0 Å². The molecule has 1 aliphatic heterocycles. The Morgan fingerprint density at radius 2 is 1.92 bits per heavy atom. The highest BCUT2D eigenvalue weighted by Crippen LogP contribution is 2.30. The Morgan fingerprint density at radius 1 is 1.12 bits per heavy atom. The van der Waals surface area contributed by atoms with Crippen molar-refractivity contribution in [3.05, 3.63) is 58.3 Å². The van der Waals surface area contributed by atoms with Crippen molar-refractivity contribution in [1.29, 1.82) is 0 Å². The molecule has 0 aromatic heterocycles. The highest BCUT2D eigenvalue weighted by atomic mass is 79.9. The third-order valence-corrected chi connectivity index (χ3v) is 3.88. The SMILES string of the molecule is O=C(C=Cc1ccc2c(c1)OCCCO2)Nc1ccc(Br)cc1F. The molecule has 6 heteroatoms. The van der Waals surface area contributed by atoms with Crippen LogP contribution >= 0.6 is 15.9 Å². The Labute approximate surface area is 147 Å². The molecule has 0 aliphatic carbocycles. The third kappa shape index (κ3) is 4.14. The monoisotopic (exact) mass is 391 g/mol. The lowest BCUT2D eigenvalue weighted by molar-refractivity contribution is -0.111. The van der Waals surface area contributed by atoms with Crippen molar-refractivity contribution in [2.24, 2.45) is 0 Å². The molecule has 0 unspecified atom stereocenters. The van der Waals surface area contributed by atoms with Crippen LogP contribution in [0.1, 0.15) is 12.0 Å². The van der Waals surface area contributed by atoms with Crippen molar-refractivity contribution in [3.8, 4) is 11.5 Å². The van der Waals surface area contributed by atoms with Crippen LogP contribution in [0, 0.1) is 5.82 Å². The van der Waals surface area contributed by atoms with Crippen LogP contribution in [0.5, 0.6) is 11.5 Å². The van der Waals surface area contributed by atoms with E-state index < -0.39 is 11.7 Å². The summed E-state index contributed by atoms with van der Waals surface area (Å²) in [7, 11) is 0. The number of benzene rings is 2. The number of nitrogens with one attached hydrogen (secondary N) is 1. The summed E-state index contributed by atoms with van der Waals surface area (Å²) in [5.41, 5.74) is 0.928. The zero-order valence-electron chi connectivity index (χ0n) is 12.7. The first-order valence-corrected chi connectivity index (χ1v) is 8.25. The summed E-state index contributed by atoms with van der Waals surface area (Å²) in [6.45, 7) is 1.23. The average molecular weight is 392 g/mol. The van der Waals surface area contributed by atoms with Crippen molar-refractivity contribution in [2.45, 2.75) is 6.42 Å². The van der Waals surface area contributed by atoms with E-state index in [1.54, 1.807) is 12.1 Å². The number of halogens is 2. The molecule has 124 valence electrons. The van der Waals surface area contributed by atoms with E-state index in [9.17, 15) is 9.18 Å². The Balaban J connectivity index is 1.69. The number of fused-ring (bicyclic) bond motifs is 1. The molecule has 1 heterocycles. The molecule has 2 aromatic carbocycles. The van der Waals surface area contributed by atoms with Crippen molar-refractivity contribution in [3.63, 3.8) is 0 Å². The van der Waals surface area contributed by atoms with E-state index in [2.05, 4.69) is 21.2 Å². The summed E-state index contributed by atoms with van der Waals surface area (Å²) < 4.78 is 25.5. The predicted molar refractivity (Wildman–Crippen MR) is 93.8 cm³/mol. The van der Waals surface area contributed by atoms with Gasteiger partial charge in [0.25, 0.3) is 0 Å². The van der Waals surface area contributed by atoms with Crippen LogP contribution in [0.25, 0.3) is 6.08 Å². The summed E-state index contributed by atoms with van der Waals surface area (Å²) in [5.74, 6) is 0.449. The molecule has 0 radical (unpaired) electrons. The smallest absolute Gasteiger partial charge is 0.248 e. The van der Waals surface area contributed by atoms with Crippen LogP contribution in [0.15, 0.2) is 46.9 Å². The minimum absolute atomic E-state index is 0.131. The molecule has 4 nitrogen and oxygen atoms in total. The Kier molecular flexibility index (Phi) is 5.15. The normalized spacial score (nSPS) is 13.6. The number of rotatable bonds is 3. The summed E-state index contributed by atoms with van der Waals surface area (Å²) in [6.07, 6.45) is 3.82. The van der Waals surface area contributed by atoms with Gasteiger partial charge in [-0.1, -0.05) is 22.0 Å². The van der Waals surface area contributed by atoms with Crippen LogP contribution in [0.4, 0.5) is 10.1 Å². The maximum Gasteiger partial charge on any atom is 0.248 e. The first-order valence-electron chi connectivity index (χ1n) is 7.45. The van der Waals surface area contributed by atoms with Crippen LogP contribution in [0.3, 0.4) is 0 Å². The fraction of sp³-hybridized carbons (Fsp3) is 0.167. The van der Waals surface area contributed by atoms with Crippen molar-refractivity contribution < 1.29 is 18.7 Å². The zero-order valence-corrected chi connectivity index (χ0v) is 14.3. The van der Waals surface area contributed by atoms with Gasteiger partial charge < -0.3 is 14.8 Å². The first kappa shape index (κ1) is 16.5. The number of carbonyl (C=O) groups is 1. The van der Waals surface area contributed by atoms with Gasteiger partial charge in [-0.3, -0.25) is 4.79 Å². The molecule has 0 bridgehead atoms. The van der Waals surface area contributed by atoms with Crippen LogP contribution in [0.2, 0.25) is 0 Å². The number of hydrogen-bond donors (Lipinski definition) is 1. The van der Waals surface area contributed by atoms with E-state index in [-0.39, 0.29) is 5.69 Å². The van der Waals surface area contributed by atoms with Gasteiger partial charge in [0.1, 0.15) is 5.82 Å². The van der Waals surface area contributed by atoms with E-state index >= 15 is 0 Å². The van der Waals surface area contributed by atoms with Gasteiger partial charge in [0, 0.05) is 17.0 Å². The lowest BCUT2D eigenvalue weighted by Gasteiger charge is -2.07. The van der Waals surface area contributed by atoms with E-state index in [4.69, 9.17) is 9.47 Å². The predicted octanol–water partition coefficient (Wildman–Crippen LogP) is 4.40. The van der Waals surface area contributed by atoms with Gasteiger partial charge >= 0.3 is 0 Å². The van der Waals surface area contributed by atoms with E-state index in [0.717, 1.165) is 12.0 Å². The number of ether oxygens (including phenoxy) is 2. The molecule has 0 saturated carbocycles. The molecule has 1 amide bonds. The van der Waals surface area contributed by atoms with Crippen molar-refractivity contribution in [1.82, 2.24) is 0 Å². The Hall–Kier alpha value is -2.34. The van der Waals surface area contributed by atoms with Gasteiger partial charge in [-0.2, -0.15) is 0 Å². The third-order valence-electron chi connectivity index (χ3n) is 3.39. The molecule has 24 heavy (non-hydrogen) atoms. The maximum atomic E-state index is 13.7. The molecule has 1 aliphatic rings. The summed E-state index contributed by atoms with van der Waals surface area (Å²) in [6, 6.07) is 9.91. The highest BCUT2D eigenvalue weighted by molar-refractivity contribution is 9.10. The molecule has 2 aromatic rings. The first-order chi connectivity index (χ1) is 11.6. The highest BCUT2D eigenvalue weighted by Gasteiger charge is 2.10. The number of anilines is 1. The maximum absolute atomic E-state index is 13.7. The van der Waals surface area contributed by atoms with Gasteiger partial charge in [-0.05, 0) is 42.0 Å². The molecular formula is C18H15BrFNO3. The lowest BCUT2D eigenvalue weighted by atomic mass is 10.2. The van der Waals surface area contributed by atoms with Crippen LogP contribution < -0.4 is 14.8 Å². The fourth-order valence-corrected chi connectivity index (χ4v) is 2.55. The number of amides is 1. The Morgan fingerprint density at radius 3 is 2.71 bits per heavy atom. The van der Waals surface area contributed by atoms with E-state index in [1.807, 2.05) is 18.2 Å². The molecular weight excluding hydrogens is 377 g/mol. The zero-order chi connectivity index (χ0) is 16.9. The number of hydrogen-bond acceptors (Lipinski definition) is 3. The second kappa shape index (κ2) is 7.49. The average Bonchev–Trinajstić information content (AvgIpc) is 2.80. The summed E-state index contributed by atoms with van der Waals surface area (Å²) in [4.78, 5) is 11.9. The minimum Gasteiger partial charge on any atom is -0.490 e. The van der Waals surface area contributed by atoms with Crippen molar-refractivity contribution >= 4 is 33.6 Å². The molecule has 1 N–H and O–H groups in total. The second-order valence-corrected chi connectivity index (χ2v) is 6.12. The lowest BCUT2D eigenvalue weighted by Crippen LogP contribution is -2.09. The minimum atomic E-state index is -0.498. The summed E-state index contributed by atoms with van der Waals surface area (Å²) >= 11 is 3.17. The molecule has 3 rings (SSSR count). The Bertz CT molecular complexity index is 792. The van der Waals surface area contributed by atoms with Gasteiger partial charge in [-0.25, -0.2) is 4.39 Å². The molecule has 0 spiro atoms.